The van der Waals surface area contributed by atoms with Crippen LogP contribution in [0.5, 0.6) is 0 Å². The normalized spacial score (nSPS) is 21.5. The highest BCUT2D eigenvalue weighted by molar-refractivity contribution is 7.85. The third-order valence-corrected chi connectivity index (χ3v) is 1.99. The Labute approximate surface area is 64.3 Å². The second-order valence-electron chi connectivity index (χ2n) is 1.98. The Morgan fingerprint density at radius 1 is 1.64 bits per heavy atom. The van der Waals surface area contributed by atoms with Crippen LogP contribution in [0.25, 0.3) is 0 Å². The summed E-state index contributed by atoms with van der Waals surface area (Å²) >= 11 is 0. The summed E-state index contributed by atoms with van der Waals surface area (Å²) in [5.41, 5.74) is 0.319. The lowest BCUT2D eigenvalue weighted by molar-refractivity contribution is -0.116. The van der Waals surface area contributed by atoms with Gasteiger partial charge in [-0.25, -0.2) is 4.72 Å². The second kappa shape index (κ2) is 2.54. The van der Waals surface area contributed by atoms with Gasteiger partial charge < -0.3 is 4.18 Å². The quantitative estimate of drug-likeness (QED) is 0.595. The lowest BCUT2D eigenvalue weighted by atomic mass is 10.2. The molecule has 62 valence electrons. The van der Waals surface area contributed by atoms with Gasteiger partial charge >= 0.3 is 10.3 Å². The Morgan fingerprint density at radius 2 is 2.27 bits per heavy atom. The lowest BCUT2D eigenvalue weighted by Crippen LogP contribution is -2.35. The fourth-order valence-corrected chi connectivity index (χ4v) is 1.27. The molecular formula is C5H7NO4S. The van der Waals surface area contributed by atoms with Crippen molar-refractivity contribution < 1.29 is 17.4 Å². The van der Waals surface area contributed by atoms with E-state index in [-0.39, 0.29) is 0 Å². The first kappa shape index (κ1) is 8.06. The highest BCUT2D eigenvalue weighted by Gasteiger charge is 2.22. The summed E-state index contributed by atoms with van der Waals surface area (Å²) in [7, 11) is -3.85. The molecule has 0 aromatic heterocycles. The predicted octanol–water partition coefficient (Wildman–Crippen LogP) is -0.328. The molecule has 11 heavy (non-hydrogen) atoms. The molecule has 0 fully saturated rings. The summed E-state index contributed by atoms with van der Waals surface area (Å²) in [6, 6.07) is 0. The Morgan fingerprint density at radius 3 is 2.73 bits per heavy atom. The van der Waals surface area contributed by atoms with Gasteiger partial charge in [-0.1, -0.05) is 6.92 Å². The minimum atomic E-state index is -3.85. The fourth-order valence-electron chi connectivity index (χ4n) is 0.622. The van der Waals surface area contributed by atoms with Crippen LogP contribution in [0.4, 0.5) is 0 Å². The summed E-state index contributed by atoms with van der Waals surface area (Å²) < 4.78 is 27.0. The van der Waals surface area contributed by atoms with Crippen LogP contribution in [0.3, 0.4) is 0 Å². The van der Waals surface area contributed by atoms with Gasteiger partial charge in [0.05, 0.1) is 5.57 Å². The van der Waals surface area contributed by atoms with Crippen LogP contribution in [-0.4, -0.2) is 14.3 Å². The van der Waals surface area contributed by atoms with E-state index in [4.69, 9.17) is 0 Å². The molecule has 0 spiro atoms. The van der Waals surface area contributed by atoms with Crippen LogP contribution in [0.1, 0.15) is 13.3 Å². The van der Waals surface area contributed by atoms with E-state index in [1.165, 1.54) is 0 Å². The van der Waals surface area contributed by atoms with Gasteiger partial charge in [0.2, 0.25) is 0 Å². The predicted molar refractivity (Wildman–Crippen MR) is 36.5 cm³/mol. The maximum atomic E-state index is 10.8. The Balaban J connectivity index is 2.94. The number of rotatable bonds is 1. The van der Waals surface area contributed by atoms with Crippen LogP contribution < -0.4 is 4.72 Å². The van der Waals surface area contributed by atoms with Crippen molar-refractivity contribution in [2.45, 2.75) is 13.3 Å². The van der Waals surface area contributed by atoms with Crippen molar-refractivity contribution in [3.63, 3.8) is 0 Å². The van der Waals surface area contributed by atoms with Gasteiger partial charge in [-0.2, -0.15) is 8.42 Å². The molecule has 1 amide bonds. The zero-order valence-electron chi connectivity index (χ0n) is 5.83. The molecule has 0 saturated heterocycles. The summed E-state index contributed by atoms with van der Waals surface area (Å²) in [6.45, 7) is 1.73. The number of nitrogens with one attached hydrogen (secondary N) is 1. The Bertz CT molecular complexity index is 302. The van der Waals surface area contributed by atoms with Gasteiger partial charge in [0.25, 0.3) is 5.91 Å². The Kier molecular flexibility index (Phi) is 1.86. The van der Waals surface area contributed by atoms with Crippen molar-refractivity contribution in [3.05, 3.63) is 11.8 Å². The van der Waals surface area contributed by atoms with Crippen LogP contribution in [0.2, 0.25) is 0 Å². The molecule has 0 radical (unpaired) electrons. The maximum Gasteiger partial charge on any atom is 0.409 e. The third kappa shape index (κ3) is 1.70. The molecule has 1 aliphatic heterocycles. The Hall–Kier alpha value is -1.04. The van der Waals surface area contributed by atoms with Gasteiger partial charge in [-0.05, 0) is 6.42 Å². The molecule has 0 aromatic carbocycles. The SMILES string of the molecule is CCC1=COS(=O)(=O)NC1=O. The van der Waals surface area contributed by atoms with Crippen LogP contribution >= 0.6 is 0 Å². The van der Waals surface area contributed by atoms with Gasteiger partial charge in [-0.15, -0.1) is 0 Å². The van der Waals surface area contributed by atoms with Crippen LogP contribution in [-0.2, 0) is 19.3 Å². The van der Waals surface area contributed by atoms with E-state index < -0.39 is 16.2 Å². The number of hydrogen-bond acceptors (Lipinski definition) is 4. The number of carbonyl (C=O) groups excluding carboxylic acids is 1. The third-order valence-electron chi connectivity index (χ3n) is 1.21. The topological polar surface area (TPSA) is 72.5 Å². The largest absolute Gasteiger partial charge is 0.409 e. The summed E-state index contributed by atoms with van der Waals surface area (Å²) in [4.78, 5) is 10.8. The number of carbonyl (C=O) groups is 1. The van der Waals surface area contributed by atoms with E-state index in [2.05, 4.69) is 4.18 Å². The van der Waals surface area contributed by atoms with E-state index in [0.29, 0.717) is 12.0 Å². The molecule has 0 bridgehead atoms. The molecular weight excluding hydrogens is 170 g/mol. The average molecular weight is 177 g/mol. The second-order valence-corrected chi connectivity index (χ2v) is 3.28. The van der Waals surface area contributed by atoms with Gasteiger partial charge in [0.15, 0.2) is 0 Å². The minimum absolute atomic E-state index is 0.319. The van der Waals surface area contributed by atoms with Crippen LogP contribution in [0.15, 0.2) is 11.8 Å². The lowest BCUT2D eigenvalue weighted by Gasteiger charge is -2.11. The molecule has 6 heteroatoms. The molecule has 0 atom stereocenters. The average Bonchev–Trinajstić information content (AvgIpc) is 1.86. The fraction of sp³-hybridized carbons (Fsp3) is 0.400. The molecule has 0 aromatic rings. The molecule has 1 aliphatic rings. The van der Waals surface area contributed by atoms with E-state index in [1.807, 2.05) is 0 Å². The molecule has 0 saturated carbocycles. The standard InChI is InChI=1S/C5H7NO4S/c1-2-4-3-10-11(8,9)6-5(4)7/h3H,2H2,1H3,(H,6,7). The molecule has 1 rings (SSSR count). The van der Waals surface area contributed by atoms with Crippen molar-refractivity contribution in [1.29, 1.82) is 0 Å². The van der Waals surface area contributed by atoms with Gasteiger partial charge in [-0.3, -0.25) is 4.79 Å². The molecule has 5 nitrogen and oxygen atoms in total. The molecule has 1 N–H and O–H groups in total. The summed E-state index contributed by atoms with van der Waals surface area (Å²) in [5.74, 6) is -0.612. The van der Waals surface area contributed by atoms with E-state index in [0.717, 1.165) is 6.26 Å². The molecule has 0 unspecified atom stereocenters. The van der Waals surface area contributed by atoms with E-state index in [1.54, 1.807) is 11.6 Å². The van der Waals surface area contributed by atoms with Crippen LogP contribution in [0, 0.1) is 0 Å². The van der Waals surface area contributed by atoms with E-state index in [9.17, 15) is 13.2 Å². The summed E-state index contributed by atoms with van der Waals surface area (Å²) in [6.07, 6.45) is 1.40. The number of hydrogen-bond donors (Lipinski definition) is 1. The monoisotopic (exact) mass is 177 g/mol. The van der Waals surface area contributed by atoms with E-state index >= 15 is 0 Å². The van der Waals surface area contributed by atoms with Crippen molar-refractivity contribution in [3.8, 4) is 0 Å². The highest BCUT2D eigenvalue weighted by Crippen LogP contribution is 2.08. The smallest absolute Gasteiger partial charge is 0.374 e. The first-order chi connectivity index (χ1) is 5.05. The first-order valence-electron chi connectivity index (χ1n) is 2.99. The first-order valence-corrected chi connectivity index (χ1v) is 4.40. The molecule has 0 aliphatic carbocycles. The molecule has 1 heterocycles. The van der Waals surface area contributed by atoms with Crippen molar-refractivity contribution in [1.82, 2.24) is 4.72 Å². The van der Waals surface area contributed by atoms with Crippen molar-refractivity contribution in [2.24, 2.45) is 0 Å². The maximum absolute atomic E-state index is 10.8. The van der Waals surface area contributed by atoms with Gasteiger partial charge in [0, 0.05) is 0 Å². The zero-order valence-corrected chi connectivity index (χ0v) is 6.64. The van der Waals surface area contributed by atoms with Crippen molar-refractivity contribution >= 4 is 16.2 Å². The minimum Gasteiger partial charge on any atom is -0.374 e. The zero-order chi connectivity index (χ0) is 8.48. The summed E-state index contributed by atoms with van der Waals surface area (Å²) in [5, 5.41) is 0. The highest BCUT2D eigenvalue weighted by atomic mass is 32.2. The van der Waals surface area contributed by atoms with Gasteiger partial charge in [0.1, 0.15) is 6.26 Å². The number of amides is 1. The van der Waals surface area contributed by atoms with Crippen molar-refractivity contribution in [2.75, 3.05) is 0 Å².